The molecular formula is C13H18FNO2S. The molecule has 1 rings (SSSR count). The molecule has 1 atom stereocenters. The lowest BCUT2D eigenvalue weighted by molar-refractivity contribution is -0.118. The first-order chi connectivity index (χ1) is 8.50. The Labute approximate surface area is 109 Å². The predicted octanol–water partition coefficient (Wildman–Crippen LogP) is 2.10. The molecular weight excluding hydrogens is 253 g/mol. The maximum absolute atomic E-state index is 13.3. The van der Waals surface area contributed by atoms with Crippen molar-refractivity contribution in [3.05, 3.63) is 30.1 Å². The Hall–Kier alpha value is -1.23. The van der Waals surface area contributed by atoms with Crippen molar-refractivity contribution in [2.75, 3.05) is 12.3 Å². The Kier molecular flexibility index (Phi) is 5.98. The van der Waals surface area contributed by atoms with E-state index >= 15 is 0 Å². The standard InChI is InChI=1S/C13H18FNO2S/c1-10(2)7-8-15-13(16)9-18(17)12-6-4-3-5-11(12)14/h3-6,10H,7-9H2,1-2H3,(H,15,16). The summed E-state index contributed by atoms with van der Waals surface area (Å²) in [5.41, 5.74) is 0. The zero-order chi connectivity index (χ0) is 13.5. The summed E-state index contributed by atoms with van der Waals surface area (Å²) in [6.45, 7) is 4.68. The second kappa shape index (κ2) is 7.26. The van der Waals surface area contributed by atoms with Gasteiger partial charge in [0.25, 0.3) is 0 Å². The van der Waals surface area contributed by atoms with Crippen molar-refractivity contribution in [1.82, 2.24) is 5.32 Å². The molecule has 1 amide bonds. The molecule has 0 aliphatic heterocycles. The summed E-state index contributed by atoms with van der Waals surface area (Å²) in [6.07, 6.45) is 0.873. The number of carbonyl (C=O) groups is 1. The molecule has 0 aliphatic carbocycles. The third kappa shape index (κ3) is 4.96. The first-order valence-corrected chi connectivity index (χ1v) is 7.22. The summed E-state index contributed by atoms with van der Waals surface area (Å²) >= 11 is 0. The first-order valence-electron chi connectivity index (χ1n) is 5.90. The number of amides is 1. The van der Waals surface area contributed by atoms with Gasteiger partial charge >= 0.3 is 0 Å². The smallest absolute Gasteiger partial charge is 0.233 e. The van der Waals surface area contributed by atoms with Crippen molar-refractivity contribution >= 4 is 16.7 Å². The van der Waals surface area contributed by atoms with Crippen LogP contribution in [0.15, 0.2) is 29.2 Å². The van der Waals surface area contributed by atoms with Crippen LogP contribution >= 0.6 is 0 Å². The van der Waals surface area contributed by atoms with Crippen molar-refractivity contribution in [3.8, 4) is 0 Å². The van der Waals surface area contributed by atoms with Crippen molar-refractivity contribution in [2.45, 2.75) is 25.2 Å². The lowest BCUT2D eigenvalue weighted by Crippen LogP contribution is -2.29. The predicted molar refractivity (Wildman–Crippen MR) is 70.1 cm³/mol. The fourth-order valence-electron chi connectivity index (χ4n) is 1.38. The topological polar surface area (TPSA) is 46.2 Å². The molecule has 0 aliphatic rings. The highest BCUT2D eigenvalue weighted by molar-refractivity contribution is 7.85. The van der Waals surface area contributed by atoms with E-state index in [9.17, 15) is 13.4 Å². The third-order valence-corrected chi connectivity index (χ3v) is 3.73. The first kappa shape index (κ1) is 14.8. The van der Waals surface area contributed by atoms with Gasteiger partial charge in [-0.15, -0.1) is 0 Å². The van der Waals surface area contributed by atoms with E-state index in [0.717, 1.165) is 6.42 Å². The van der Waals surface area contributed by atoms with Crippen LogP contribution in [0.2, 0.25) is 0 Å². The van der Waals surface area contributed by atoms with Crippen LogP contribution in [0.1, 0.15) is 20.3 Å². The number of hydrogen-bond acceptors (Lipinski definition) is 2. The molecule has 0 fully saturated rings. The van der Waals surface area contributed by atoms with Gasteiger partial charge < -0.3 is 5.32 Å². The largest absolute Gasteiger partial charge is 0.355 e. The van der Waals surface area contributed by atoms with Crippen LogP contribution in [0.5, 0.6) is 0 Å². The second-order valence-corrected chi connectivity index (χ2v) is 5.87. The van der Waals surface area contributed by atoms with Gasteiger partial charge in [-0.05, 0) is 24.5 Å². The Morgan fingerprint density at radius 3 is 2.67 bits per heavy atom. The van der Waals surface area contributed by atoms with Crippen molar-refractivity contribution in [3.63, 3.8) is 0 Å². The van der Waals surface area contributed by atoms with Crippen LogP contribution < -0.4 is 5.32 Å². The van der Waals surface area contributed by atoms with E-state index in [1.165, 1.54) is 18.2 Å². The lowest BCUT2D eigenvalue weighted by atomic mass is 10.1. The molecule has 0 saturated heterocycles. The van der Waals surface area contributed by atoms with Gasteiger partial charge in [-0.3, -0.25) is 9.00 Å². The number of rotatable bonds is 6. The molecule has 5 heteroatoms. The SMILES string of the molecule is CC(C)CCNC(=O)CS(=O)c1ccccc1F. The number of nitrogens with one attached hydrogen (secondary N) is 1. The Bertz CT molecular complexity index is 435. The average Bonchev–Trinajstić information content (AvgIpc) is 2.28. The van der Waals surface area contributed by atoms with Crippen LogP contribution in [-0.4, -0.2) is 22.4 Å². The minimum Gasteiger partial charge on any atom is -0.355 e. The highest BCUT2D eigenvalue weighted by Gasteiger charge is 2.13. The minimum atomic E-state index is -1.63. The summed E-state index contributed by atoms with van der Waals surface area (Å²) < 4.78 is 25.1. The van der Waals surface area contributed by atoms with Crippen molar-refractivity contribution in [1.29, 1.82) is 0 Å². The van der Waals surface area contributed by atoms with Gasteiger partial charge in [0.15, 0.2) is 0 Å². The van der Waals surface area contributed by atoms with E-state index in [1.807, 2.05) is 0 Å². The number of carbonyl (C=O) groups excluding carboxylic acids is 1. The second-order valence-electron chi connectivity index (χ2n) is 4.45. The fourth-order valence-corrected chi connectivity index (χ4v) is 2.39. The summed E-state index contributed by atoms with van der Waals surface area (Å²) in [5, 5.41) is 2.68. The molecule has 1 aromatic rings. The summed E-state index contributed by atoms with van der Waals surface area (Å²) in [7, 11) is -1.63. The number of hydrogen-bond donors (Lipinski definition) is 1. The van der Waals surface area contributed by atoms with Crippen molar-refractivity contribution < 1.29 is 13.4 Å². The normalized spacial score (nSPS) is 12.4. The quantitative estimate of drug-likeness (QED) is 0.861. The third-order valence-electron chi connectivity index (χ3n) is 2.39. The van der Waals surface area contributed by atoms with Gasteiger partial charge in [0, 0.05) is 6.54 Å². The zero-order valence-corrected chi connectivity index (χ0v) is 11.4. The molecule has 3 nitrogen and oxygen atoms in total. The number of benzene rings is 1. The van der Waals surface area contributed by atoms with E-state index in [2.05, 4.69) is 19.2 Å². The van der Waals surface area contributed by atoms with Crippen LogP contribution in [0.3, 0.4) is 0 Å². The summed E-state index contributed by atoms with van der Waals surface area (Å²) in [6, 6.07) is 5.81. The molecule has 0 spiro atoms. The van der Waals surface area contributed by atoms with Gasteiger partial charge in [-0.1, -0.05) is 26.0 Å². The van der Waals surface area contributed by atoms with E-state index in [0.29, 0.717) is 12.5 Å². The maximum atomic E-state index is 13.3. The molecule has 0 heterocycles. The van der Waals surface area contributed by atoms with E-state index in [-0.39, 0.29) is 16.6 Å². The van der Waals surface area contributed by atoms with Crippen LogP contribution in [0.25, 0.3) is 0 Å². The molecule has 1 unspecified atom stereocenters. The molecule has 1 aromatic carbocycles. The van der Waals surface area contributed by atoms with E-state index in [1.54, 1.807) is 6.07 Å². The van der Waals surface area contributed by atoms with E-state index < -0.39 is 16.6 Å². The molecule has 18 heavy (non-hydrogen) atoms. The van der Waals surface area contributed by atoms with Gasteiger partial charge in [-0.2, -0.15) is 0 Å². The fraction of sp³-hybridized carbons (Fsp3) is 0.462. The van der Waals surface area contributed by atoms with Crippen molar-refractivity contribution in [2.24, 2.45) is 5.92 Å². The van der Waals surface area contributed by atoms with Crippen LogP contribution in [0.4, 0.5) is 4.39 Å². The molecule has 100 valence electrons. The summed E-state index contributed by atoms with van der Waals surface area (Å²) in [5.74, 6) is -0.538. The van der Waals surface area contributed by atoms with Crippen LogP contribution in [-0.2, 0) is 15.6 Å². The average molecular weight is 271 g/mol. The minimum absolute atomic E-state index is 0.0801. The zero-order valence-electron chi connectivity index (χ0n) is 10.6. The van der Waals surface area contributed by atoms with E-state index in [4.69, 9.17) is 0 Å². The highest BCUT2D eigenvalue weighted by atomic mass is 32.2. The van der Waals surface area contributed by atoms with Gasteiger partial charge in [-0.25, -0.2) is 4.39 Å². The maximum Gasteiger partial charge on any atom is 0.233 e. The molecule has 0 radical (unpaired) electrons. The van der Waals surface area contributed by atoms with Gasteiger partial charge in [0.2, 0.25) is 5.91 Å². The molecule has 0 saturated carbocycles. The van der Waals surface area contributed by atoms with Gasteiger partial charge in [0.05, 0.1) is 15.7 Å². The Morgan fingerprint density at radius 1 is 1.39 bits per heavy atom. The Balaban J connectivity index is 2.45. The molecule has 0 aromatic heterocycles. The summed E-state index contributed by atoms with van der Waals surface area (Å²) in [4.78, 5) is 11.6. The lowest BCUT2D eigenvalue weighted by Gasteiger charge is -2.07. The van der Waals surface area contributed by atoms with Gasteiger partial charge in [0.1, 0.15) is 11.6 Å². The highest BCUT2D eigenvalue weighted by Crippen LogP contribution is 2.11. The molecule has 0 bridgehead atoms. The monoisotopic (exact) mass is 271 g/mol. The Morgan fingerprint density at radius 2 is 2.06 bits per heavy atom. The molecule has 1 N–H and O–H groups in total. The van der Waals surface area contributed by atoms with Crippen LogP contribution in [0, 0.1) is 11.7 Å². The number of halogens is 1.